The number of rotatable bonds is 7. The highest BCUT2D eigenvalue weighted by atomic mass is 32.1. The van der Waals surface area contributed by atoms with Gasteiger partial charge in [-0.1, -0.05) is 12.1 Å². The third-order valence-corrected chi connectivity index (χ3v) is 4.08. The molecule has 2 aromatic rings. The molecule has 8 heteroatoms. The SMILES string of the molecule is CC(=O)c1cccc(NC(=S)Nc2cc(C(=O)OC(C)C)cc(C(=O)OC(C)C)c2)c1. The van der Waals surface area contributed by atoms with Crippen LogP contribution in [0, 0.1) is 0 Å². The van der Waals surface area contributed by atoms with Crippen LogP contribution >= 0.6 is 12.2 Å². The van der Waals surface area contributed by atoms with Gasteiger partial charge in [0.1, 0.15) is 0 Å². The van der Waals surface area contributed by atoms with Crippen molar-refractivity contribution < 1.29 is 23.9 Å². The van der Waals surface area contributed by atoms with Gasteiger partial charge in [0.2, 0.25) is 0 Å². The summed E-state index contributed by atoms with van der Waals surface area (Å²) in [5.74, 6) is -1.19. The summed E-state index contributed by atoms with van der Waals surface area (Å²) < 4.78 is 10.5. The summed E-state index contributed by atoms with van der Waals surface area (Å²) in [5.41, 5.74) is 1.96. The number of benzene rings is 2. The Morgan fingerprint density at radius 1 is 0.774 bits per heavy atom. The van der Waals surface area contributed by atoms with Crippen LogP contribution in [0.3, 0.4) is 0 Å². The summed E-state index contributed by atoms with van der Waals surface area (Å²) in [5, 5.41) is 6.16. The Labute approximate surface area is 187 Å². The van der Waals surface area contributed by atoms with Crippen molar-refractivity contribution in [3.05, 3.63) is 59.2 Å². The van der Waals surface area contributed by atoms with E-state index in [0.717, 1.165) is 0 Å². The summed E-state index contributed by atoms with van der Waals surface area (Å²) in [7, 11) is 0. The van der Waals surface area contributed by atoms with Gasteiger partial charge in [-0.3, -0.25) is 4.79 Å². The highest BCUT2D eigenvalue weighted by Crippen LogP contribution is 2.19. The molecular formula is C23H26N2O5S. The van der Waals surface area contributed by atoms with Gasteiger partial charge in [-0.25, -0.2) is 9.59 Å². The minimum Gasteiger partial charge on any atom is -0.459 e. The second-order valence-corrected chi connectivity index (χ2v) is 7.83. The minimum absolute atomic E-state index is 0.0628. The van der Waals surface area contributed by atoms with Crippen molar-refractivity contribution in [2.45, 2.75) is 46.8 Å². The molecule has 0 aliphatic carbocycles. The van der Waals surface area contributed by atoms with Crippen LogP contribution in [-0.4, -0.2) is 35.0 Å². The van der Waals surface area contributed by atoms with Crippen LogP contribution in [0.5, 0.6) is 0 Å². The predicted octanol–water partition coefficient (Wildman–Crippen LogP) is 4.83. The van der Waals surface area contributed by atoms with E-state index in [9.17, 15) is 14.4 Å². The third-order valence-electron chi connectivity index (χ3n) is 3.87. The molecule has 0 bridgehead atoms. The molecule has 0 saturated heterocycles. The molecule has 0 aromatic heterocycles. The molecule has 0 fully saturated rings. The lowest BCUT2D eigenvalue weighted by molar-refractivity contribution is 0.0377. The number of esters is 2. The van der Waals surface area contributed by atoms with Crippen LogP contribution in [0.4, 0.5) is 11.4 Å². The largest absolute Gasteiger partial charge is 0.459 e. The average Bonchev–Trinajstić information content (AvgIpc) is 2.66. The molecule has 0 radical (unpaired) electrons. The third kappa shape index (κ3) is 7.49. The van der Waals surface area contributed by atoms with Gasteiger partial charge in [-0.2, -0.15) is 0 Å². The lowest BCUT2D eigenvalue weighted by Crippen LogP contribution is -2.21. The van der Waals surface area contributed by atoms with E-state index in [4.69, 9.17) is 21.7 Å². The fourth-order valence-electron chi connectivity index (χ4n) is 2.61. The van der Waals surface area contributed by atoms with Gasteiger partial charge in [0.15, 0.2) is 10.9 Å². The molecule has 0 unspecified atom stereocenters. The van der Waals surface area contributed by atoms with E-state index < -0.39 is 11.9 Å². The molecular weight excluding hydrogens is 416 g/mol. The molecule has 2 N–H and O–H groups in total. The molecule has 2 aromatic carbocycles. The zero-order valence-electron chi connectivity index (χ0n) is 18.1. The number of ether oxygens (including phenoxy) is 2. The van der Waals surface area contributed by atoms with Gasteiger partial charge in [0, 0.05) is 16.9 Å². The van der Waals surface area contributed by atoms with Gasteiger partial charge in [0.25, 0.3) is 0 Å². The smallest absolute Gasteiger partial charge is 0.338 e. The Balaban J connectivity index is 2.27. The monoisotopic (exact) mass is 442 g/mol. The van der Waals surface area contributed by atoms with E-state index in [1.54, 1.807) is 52.0 Å². The van der Waals surface area contributed by atoms with Crippen molar-refractivity contribution in [1.82, 2.24) is 0 Å². The zero-order chi connectivity index (χ0) is 23.1. The Morgan fingerprint density at radius 2 is 1.26 bits per heavy atom. The maximum absolute atomic E-state index is 12.4. The Bertz CT molecular complexity index is 961. The molecule has 7 nitrogen and oxygen atoms in total. The first-order chi connectivity index (χ1) is 14.5. The first kappa shape index (κ1) is 24.0. The lowest BCUT2D eigenvalue weighted by Gasteiger charge is -2.15. The number of hydrogen-bond acceptors (Lipinski definition) is 6. The molecule has 0 saturated carbocycles. The Kier molecular flexibility index (Phi) is 8.27. The van der Waals surface area contributed by atoms with Crippen molar-refractivity contribution in [1.29, 1.82) is 0 Å². The highest BCUT2D eigenvalue weighted by Gasteiger charge is 2.17. The fraction of sp³-hybridized carbons (Fsp3) is 0.304. The number of ketones is 1. The van der Waals surface area contributed by atoms with E-state index in [1.807, 2.05) is 0 Å². The topological polar surface area (TPSA) is 93.7 Å². The number of nitrogens with one attached hydrogen (secondary N) is 2. The standard InChI is InChI=1S/C23H26N2O5S/c1-13(2)29-21(27)17-9-18(22(28)30-14(3)4)12-20(11-17)25-23(31)24-19-8-6-7-16(10-19)15(5)26/h6-14H,1-5H3,(H2,24,25,31). The molecule has 0 atom stereocenters. The Morgan fingerprint density at radius 3 is 1.74 bits per heavy atom. The summed E-state index contributed by atoms with van der Waals surface area (Å²) >= 11 is 5.35. The number of carbonyl (C=O) groups is 3. The van der Waals surface area contributed by atoms with E-state index in [1.165, 1.54) is 25.1 Å². The average molecular weight is 443 g/mol. The number of thiocarbonyl (C=S) groups is 1. The van der Waals surface area contributed by atoms with E-state index in [2.05, 4.69) is 10.6 Å². The second-order valence-electron chi connectivity index (χ2n) is 7.42. The number of Topliss-reactive ketones (excluding diaryl/α,β-unsaturated/α-hetero) is 1. The first-order valence-corrected chi connectivity index (χ1v) is 10.2. The van der Waals surface area contributed by atoms with Crippen LogP contribution in [0.25, 0.3) is 0 Å². The summed E-state index contributed by atoms with van der Waals surface area (Å²) in [4.78, 5) is 36.4. The Hall–Kier alpha value is -3.26. The second kappa shape index (κ2) is 10.7. The maximum Gasteiger partial charge on any atom is 0.338 e. The lowest BCUT2D eigenvalue weighted by atomic mass is 10.1. The number of hydrogen-bond donors (Lipinski definition) is 2. The molecule has 0 spiro atoms. The molecule has 0 amide bonds. The molecule has 2 rings (SSSR count). The van der Waals surface area contributed by atoms with Gasteiger partial charge >= 0.3 is 11.9 Å². The summed E-state index contributed by atoms with van der Waals surface area (Å²) in [6.45, 7) is 8.43. The van der Waals surface area contributed by atoms with Gasteiger partial charge in [-0.05, 0) is 77.2 Å². The zero-order valence-corrected chi connectivity index (χ0v) is 19.0. The molecule has 0 heterocycles. The molecule has 0 aliphatic rings. The first-order valence-electron chi connectivity index (χ1n) is 9.81. The van der Waals surface area contributed by atoms with Crippen molar-refractivity contribution in [2.75, 3.05) is 10.6 Å². The van der Waals surface area contributed by atoms with Crippen LogP contribution in [0.15, 0.2) is 42.5 Å². The van der Waals surface area contributed by atoms with Crippen molar-refractivity contribution in [3.8, 4) is 0 Å². The van der Waals surface area contributed by atoms with Gasteiger partial charge in [0.05, 0.1) is 23.3 Å². The number of carbonyl (C=O) groups excluding carboxylic acids is 3. The quantitative estimate of drug-likeness (QED) is 0.358. The van der Waals surface area contributed by atoms with Gasteiger partial charge in [-0.15, -0.1) is 0 Å². The van der Waals surface area contributed by atoms with Crippen LogP contribution in [-0.2, 0) is 9.47 Å². The molecule has 31 heavy (non-hydrogen) atoms. The van der Waals surface area contributed by atoms with E-state index >= 15 is 0 Å². The fourth-order valence-corrected chi connectivity index (χ4v) is 2.84. The highest BCUT2D eigenvalue weighted by molar-refractivity contribution is 7.80. The summed E-state index contributed by atoms with van der Waals surface area (Å²) in [6.07, 6.45) is -0.627. The van der Waals surface area contributed by atoms with Gasteiger partial charge < -0.3 is 20.1 Å². The van der Waals surface area contributed by atoms with E-state index in [-0.39, 0.29) is 34.2 Å². The van der Waals surface area contributed by atoms with E-state index in [0.29, 0.717) is 16.9 Å². The van der Waals surface area contributed by atoms with Crippen molar-refractivity contribution in [2.24, 2.45) is 0 Å². The molecule has 164 valence electrons. The predicted molar refractivity (Wildman–Crippen MR) is 124 cm³/mol. The maximum atomic E-state index is 12.4. The summed E-state index contributed by atoms with van der Waals surface area (Å²) in [6, 6.07) is 11.4. The van der Waals surface area contributed by atoms with Crippen molar-refractivity contribution >= 4 is 46.4 Å². The normalized spacial score (nSPS) is 10.5. The number of anilines is 2. The van der Waals surface area contributed by atoms with Crippen molar-refractivity contribution in [3.63, 3.8) is 0 Å². The van der Waals surface area contributed by atoms with Crippen LogP contribution in [0.1, 0.15) is 65.7 Å². The molecule has 0 aliphatic heterocycles. The van der Waals surface area contributed by atoms with Crippen LogP contribution < -0.4 is 10.6 Å². The van der Waals surface area contributed by atoms with Crippen LogP contribution in [0.2, 0.25) is 0 Å². The minimum atomic E-state index is -0.565.